The molecule has 0 amide bonds. The predicted molar refractivity (Wildman–Crippen MR) is 123 cm³/mol. The van der Waals surface area contributed by atoms with Gasteiger partial charge in [-0.1, -0.05) is 6.07 Å². The second-order valence-corrected chi connectivity index (χ2v) is 7.58. The van der Waals surface area contributed by atoms with Gasteiger partial charge >= 0.3 is 0 Å². The highest BCUT2D eigenvalue weighted by Gasteiger charge is 2.16. The number of fused-ring (bicyclic) bond motifs is 2. The largest absolute Gasteiger partial charge is 0.453 e. The van der Waals surface area contributed by atoms with E-state index in [4.69, 9.17) is 15.2 Å². The van der Waals surface area contributed by atoms with Crippen molar-refractivity contribution < 1.29 is 18.3 Å². The Hall–Kier alpha value is -4.24. The van der Waals surface area contributed by atoms with E-state index in [0.29, 0.717) is 64.0 Å². The Bertz CT molecular complexity index is 1390. The molecule has 0 radical (unpaired) electrons. The first-order valence-corrected chi connectivity index (χ1v) is 10.5. The minimum Gasteiger partial charge on any atom is -0.453 e. The van der Waals surface area contributed by atoms with Gasteiger partial charge in [0.25, 0.3) is 0 Å². The van der Waals surface area contributed by atoms with Gasteiger partial charge in [-0.2, -0.15) is 8.78 Å². The highest BCUT2D eigenvalue weighted by atomic mass is 19.1. The molecule has 4 aromatic rings. The smallest absolute Gasteiger partial charge is 0.220 e. The van der Waals surface area contributed by atoms with E-state index < -0.39 is 11.9 Å². The lowest BCUT2D eigenvalue weighted by Crippen LogP contribution is -2.14. The summed E-state index contributed by atoms with van der Waals surface area (Å²) in [6.07, 6.45) is 4.68. The normalized spacial score (nSPS) is 13.6. The van der Waals surface area contributed by atoms with Crippen LogP contribution in [0.4, 0.5) is 14.5 Å². The van der Waals surface area contributed by atoms with Crippen LogP contribution in [0.25, 0.3) is 22.4 Å². The Morgan fingerprint density at radius 3 is 2.65 bits per heavy atom. The van der Waals surface area contributed by atoms with Crippen molar-refractivity contribution in [2.45, 2.75) is 13.0 Å². The monoisotopic (exact) mass is 459 g/mol. The number of benzene rings is 1. The Balaban J connectivity index is 1.57. The first kappa shape index (κ1) is 21.6. The lowest BCUT2D eigenvalue weighted by atomic mass is 10.0. The van der Waals surface area contributed by atoms with Gasteiger partial charge in [0, 0.05) is 41.6 Å². The van der Waals surface area contributed by atoms with Gasteiger partial charge in [-0.15, -0.1) is 0 Å². The number of hydrogen-bond acceptors (Lipinski definition) is 7. The average molecular weight is 459 g/mol. The van der Waals surface area contributed by atoms with Crippen molar-refractivity contribution in [2.24, 2.45) is 10.7 Å². The zero-order valence-electron chi connectivity index (χ0n) is 17.9. The number of pyridine rings is 3. The molecule has 0 aliphatic carbocycles. The Kier molecular flexibility index (Phi) is 5.92. The van der Waals surface area contributed by atoms with Crippen LogP contribution in [0.15, 0.2) is 72.1 Å². The van der Waals surface area contributed by atoms with Crippen LogP contribution in [0, 0.1) is 11.9 Å². The van der Waals surface area contributed by atoms with Crippen LogP contribution in [0.3, 0.4) is 0 Å². The van der Waals surface area contributed by atoms with Crippen molar-refractivity contribution in [3.8, 4) is 33.9 Å². The SMILES string of the molecule is NC1=Nc2cc(-c3ccnc(F)c3)ncc2Oc2ccc(-c3cccnc3F)cc2COCC1. The highest BCUT2D eigenvalue weighted by Crippen LogP contribution is 2.37. The fraction of sp³-hybridized carbons (Fsp3) is 0.120. The molecule has 5 rings (SSSR count). The number of amidine groups is 1. The second kappa shape index (κ2) is 9.32. The maximum atomic E-state index is 14.2. The Morgan fingerprint density at radius 1 is 0.882 bits per heavy atom. The zero-order valence-corrected chi connectivity index (χ0v) is 17.9. The third-order valence-electron chi connectivity index (χ3n) is 5.24. The van der Waals surface area contributed by atoms with Crippen molar-refractivity contribution >= 4 is 11.5 Å². The Labute approximate surface area is 194 Å². The van der Waals surface area contributed by atoms with Crippen LogP contribution in [0.1, 0.15) is 12.0 Å². The van der Waals surface area contributed by atoms with Gasteiger partial charge in [0.2, 0.25) is 11.9 Å². The van der Waals surface area contributed by atoms with E-state index in [1.807, 2.05) is 0 Å². The lowest BCUT2D eigenvalue weighted by molar-refractivity contribution is 0.126. The molecular weight excluding hydrogens is 440 g/mol. The molecule has 1 aliphatic rings. The molecule has 0 atom stereocenters. The van der Waals surface area contributed by atoms with Gasteiger partial charge in [0.05, 0.1) is 25.1 Å². The van der Waals surface area contributed by atoms with Gasteiger partial charge in [-0.05, 0) is 42.0 Å². The van der Waals surface area contributed by atoms with Gasteiger partial charge in [-0.3, -0.25) is 4.98 Å². The summed E-state index contributed by atoms with van der Waals surface area (Å²) in [5.41, 5.74) is 9.32. The van der Waals surface area contributed by atoms with Crippen LogP contribution in [-0.4, -0.2) is 27.4 Å². The highest BCUT2D eigenvalue weighted by molar-refractivity contribution is 5.84. The fourth-order valence-corrected chi connectivity index (χ4v) is 3.57. The maximum absolute atomic E-state index is 14.2. The van der Waals surface area contributed by atoms with Crippen LogP contribution in [0.5, 0.6) is 11.5 Å². The summed E-state index contributed by atoms with van der Waals surface area (Å²) in [5, 5.41) is 0. The minimum atomic E-state index is -0.609. The molecule has 1 aromatic carbocycles. The number of ether oxygens (including phenoxy) is 2. The van der Waals surface area contributed by atoms with Gasteiger partial charge < -0.3 is 15.2 Å². The molecule has 7 nitrogen and oxygen atoms in total. The van der Waals surface area contributed by atoms with E-state index in [9.17, 15) is 8.78 Å². The van der Waals surface area contributed by atoms with Crippen molar-refractivity contribution in [1.29, 1.82) is 0 Å². The number of aromatic nitrogens is 3. The average Bonchev–Trinajstić information content (AvgIpc) is 2.86. The van der Waals surface area contributed by atoms with Crippen LogP contribution in [0.2, 0.25) is 0 Å². The zero-order chi connectivity index (χ0) is 23.5. The number of halogens is 2. The van der Waals surface area contributed by atoms with Crippen molar-refractivity contribution in [1.82, 2.24) is 15.0 Å². The maximum Gasteiger partial charge on any atom is 0.220 e. The standard InChI is InChI=1S/C25H19F2N5O2/c26-23-11-16(5-8-29-23)19-12-20-22(13-31-19)34-21-4-3-15(18-2-1-7-30-25(18)27)10-17(21)14-33-9-6-24(28)32-20/h1-5,7-8,10-13H,6,9,14H2,(H2,28,32). The number of hydrogen-bond donors (Lipinski definition) is 1. The van der Waals surface area contributed by atoms with Crippen LogP contribution >= 0.6 is 0 Å². The fourth-order valence-electron chi connectivity index (χ4n) is 3.57. The minimum absolute atomic E-state index is 0.232. The molecule has 4 heterocycles. The molecule has 34 heavy (non-hydrogen) atoms. The number of aliphatic imine (C=N–C) groups is 1. The molecule has 0 saturated heterocycles. The van der Waals surface area contributed by atoms with E-state index in [0.717, 1.165) is 0 Å². The molecular formula is C25H19F2N5O2. The van der Waals surface area contributed by atoms with Gasteiger partial charge in [-0.25, -0.2) is 15.0 Å². The Morgan fingerprint density at radius 2 is 1.79 bits per heavy atom. The summed E-state index contributed by atoms with van der Waals surface area (Å²) >= 11 is 0. The van der Waals surface area contributed by atoms with Crippen molar-refractivity contribution in [3.05, 3.63) is 84.6 Å². The molecule has 0 unspecified atom stereocenters. The number of rotatable bonds is 2. The molecule has 0 saturated carbocycles. The lowest BCUT2D eigenvalue weighted by Gasteiger charge is -2.14. The van der Waals surface area contributed by atoms with E-state index in [2.05, 4.69) is 19.9 Å². The first-order valence-electron chi connectivity index (χ1n) is 10.5. The van der Waals surface area contributed by atoms with E-state index in [-0.39, 0.29) is 6.61 Å². The third kappa shape index (κ3) is 4.60. The summed E-state index contributed by atoms with van der Waals surface area (Å²) in [7, 11) is 0. The second-order valence-electron chi connectivity index (χ2n) is 7.58. The molecule has 3 aromatic heterocycles. The predicted octanol–water partition coefficient (Wildman–Crippen LogP) is 5.19. The van der Waals surface area contributed by atoms with Crippen LogP contribution in [-0.2, 0) is 11.3 Å². The quantitative estimate of drug-likeness (QED) is 0.415. The van der Waals surface area contributed by atoms with Crippen molar-refractivity contribution in [3.63, 3.8) is 0 Å². The first-order chi connectivity index (χ1) is 16.6. The molecule has 9 heteroatoms. The third-order valence-corrected chi connectivity index (χ3v) is 5.24. The molecule has 1 aliphatic heterocycles. The molecule has 0 bridgehead atoms. The summed E-state index contributed by atoms with van der Waals surface area (Å²) in [6.45, 7) is 0.568. The summed E-state index contributed by atoms with van der Waals surface area (Å²) < 4.78 is 39.8. The summed E-state index contributed by atoms with van der Waals surface area (Å²) in [5.74, 6) is 0.0601. The van der Waals surface area contributed by atoms with E-state index >= 15 is 0 Å². The topological polar surface area (TPSA) is 95.5 Å². The molecule has 170 valence electrons. The van der Waals surface area contributed by atoms with Crippen molar-refractivity contribution in [2.75, 3.05) is 6.61 Å². The molecule has 0 fully saturated rings. The molecule has 0 spiro atoms. The van der Waals surface area contributed by atoms with Gasteiger partial charge in [0.1, 0.15) is 17.3 Å². The van der Waals surface area contributed by atoms with Crippen LogP contribution < -0.4 is 10.5 Å². The number of nitrogens with two attached hydrogens (primary N) is 1. The van der Waals surface area contributed by atoms with E-state index in [1.165, 1.54) is 24.7 Å². The van der Waals surface area contributed by atoms with E-state index in [1.54, 1.807) is 42.5 Å². The number of nitrogens with zero attached hydrogens (tertiary/aromatic N) is 4. The summed E-state index contributed by atoms with van der Waals surface area (Å²) in [4.78, 5) is 16.2. The molecule has 2 N–H and O–H groups in total. The van der Waals surface area contributed by atoms with Gasteiger partial charge in [0.15, 0.2) is 5.75 Å². The summed E-state index contributed by atoms with van der Waals surface area (Å²) in [6, 6.07) is 13.2.